The lowest BCUT2D eigenvalue weighted by atomic mass is 9.95. The van der Waals surface area contributed by atoms with Gasteiger partial charge in [-0.2, -0.15) is 0 Å². The minimum atomic E-state index is -0.841. The Bertz CT molecular complexity index is 641. The van der Waals surface area contributed by atoms with Gasteiger partial charge in [0.1, 0.15) is 5.52 Å². The molecule has 1 aromatic heterocycles. The van der Waals surface area contributed by atoms with Gasteiger partial charge < -0.3 is 9.55 Å². The fourth-order valence-corrected chi connectivity index (χ4v) is 3.09. The second kappa shape index (κ2) is 5.41. The molecule has 1 N–H and O–H groups in total. The van der Waals surface area contributed by atoms with Crippen LogP contribution in [0.4, 0.5) is 8.78 Å². The number of halogens is 2. The lowest BCUT2D eigenvalue weighted by Gasteiger charge is -2.23. The van der Waals surface area contributed by atoms with Gasteiger partial charge in [0.25, 0.3) is 0 Å². The highest BCUT2D eigenvalue weighted by atomic mass is 32.1. The molecule has 0 fully saturated rings. The molecule has 2 nitrogen and oxygen atoms in total. The van der Waals surface area contributed by atoms with Crippen LogP contribution in [0.15, 0.2) is 12.1 Å². The maximum absolute atomic E-state index is 14.0. The molecule has 1 aromatic carbocycles. The van der Waals surface area contributed by atoms with E-state index in [9.17, 15) is 8.78 Å². The summed E-state index contributed by atoms with van der Waals surface area (Å²) in [6, 6.07) is 2.68. The number of benzene rings is 1. The summed E-state index contributed by atoms with van der Waals surface area (Å²) in [6.45, 7) is 6.20. The van der Waals surface area contributed by atoms with Crippen LogP contribution in [0, 0.1) is 22.3 Å². The number of H-pyrrole nitrogens is 1. The monoisotopic (exact) mass is 284 g/mol. The maximum atomic E-state index is 14.0. The normalized spacial score (nSPS) is 13.4. The van der Waals surface area contributed by atoms with Crippen molar-refractivity contribution >= 4 is 23.3 Å². The second-order valence-electron chi connectivity index (χ2n) is 4.87. The molecule has 0 saturated carbocycles. The molecule has 0 aliphatic carbocycles. The summed E-state index contributed by atoms with van der Waals surface area (Å²) in [5, 5.41) is 0. The van der Waals surface area contributed by atoms with E-state index in [0.717, 1.165) is 18.9 Å². The number of aromatic nitrogens is 2. The summed E-state index contributed by atoms with van der Waals surface area (Å²) in [4.78, 5) is 2.95. The Balaban J connectivity index is 2.69. The van der Waals surface area contributed by atoms with Gasteiger partial charge in [-0.15, -0.1) is 0 Å². The van der Waals surface area contributed by atoms with Crippen molar-refractivity contribution in [1.82, 2.24) is 9.55 Å². The number of nitrogens with zero attached hydrogens (tertiary/aromatic N) is 1. The van der Waals surface area contributed by atoms with Crippen LogP contribution in [0.2, 0.25) is 0 Å². The van der Waals surface area contributed by atoms with Crippen molar-refractivity contribution in [2.45, 2.75) is 39.7 Å². The van der Waals surface area contributed by atoms with E-state index in [2.05, 4.69) is 18.8 Å². The molecule has 0 aliphatic rings. The van der Waals surface area contributed by atoms with Crippen molar-refractivity contribution in [1.29, 1.82) is 0 Å². The summed E-state index contributed by atoms with van der Waals surface area (Å²) < 4.78 is 29.6. The smallest absolute Gasteiger partial charge is 0.184 e. The van der Waals surface area contributed by atoms with E-state index in [1.807, 2.05) is 6.92 Å². The van der Waals surface area contributed by atoms with Crippen molar-refractivity contribution in [2.24, 2.45) is 5.92 Å². The first kappa shape index (κ1) is 14.2. The lowest BCUT2D eigenvalue weighted by Crippen LogP contribution is -2.16. The topological polar surface area (TPSA) is 20.7 Å². The Morgan fingerprint density at radius 2 is 1.89 bits per heavy atom. The molecule has 2 rings (SSSR count). The molecule has 104 valence electrons. The van der Waals surface area contributed by atoms with Crippen LogP contribution in [-0.4, -0.2) is 9.55 Å². The Morgan fingerprint density at radius 3 is 2.47 bits per heavy atom. The van der Waals surface area contributed by atoms with E-state index < -0.39 is 11.6 Å². The van der Waals surface area contributed by atoms with Crippen molar-refractivity contribution in [3.8, 4) is 0 Å². The van der Waals surface area contributed by atoms with Gasteiger partial charge in [-0.3, -0.25) is 0 Å². The molecule has 1 unspecified atom stereocenters. The van der Waals surface area contributed by atoms with E-state index in [1.165, 1.54) is 6.07 Å². The third kappa shape index (κ3) is 2.31. The highest BCUT2D eigenvalue weighted by Crippen LogP contribution is 2.30. The van der Waals surface area contributed by atoms with Gasteiger partial charge in [-0.05, 0) is 37.2 Å². The first-order chi connectivity index (χ1) is 9.01. The molecule has 5 heteroatoms. The zero-order chi connectivity index (χ0) is 14.2. The van der Waals surface area contributed by atoms with Crippen molar-refractivity contribution in [2.75, 3.05) is 0 Å². The molecule has 0 radical (unpaired) electrons. The van der Waals surface area contributed by atoms with Crippen LogP contribution < -0.4 is 0 Å². The van der Waals surface area contributed by atoms with Gasteiger partial charge in [0.05, 0.1) is 5.52 Å². The average molecular weight is 284 g/mol. The van der Waals surface area contributed by atoms with Gasteiger partial charge in [-0.1, -0.05) is 26.7 Å². The Labute approximate surface area is 116 Å². The SMILES string of the molecule is CCC(CC)C(C)n1c(=S)[nH]c2ccc(F)c(F)c21. The zero-order valence-corrected chi connectivity index (χ0v) is 12.2. The first-order valence-electron chi connectivity index (χ1n) is 6.59. The van der Waals surface area contributed by atoms with Crippen molar-refractivity contribution in [3.63, 3.8) is 0 Å². The van der Waals surface area contributed by atoms with Gasteiger partial charge in [-0.25, -0.2) is 8.78 Å². The summed E-state index contributed by atoms with van der Waals surface area (Å²) >= 11 is 5.27. The average Bonchev–Trinajstić information content (AvgIpc) is 2.72. The summed E-state index contributed by atoms with van der Waals surface area (Å²) in [6.07, 6.45) is 1.95. The van der Waals surface area contributed by atoms with E-state index in [1.54, 1.807) is 4.57 Å². The van der Waals surface area contributed by atoms with Gasteiger partial charge in [0, 0.05) is 6.04 Å². The van der Waals surface area contributed by atoms with Crippen molar-refractivity contribution in [3.05, 3.63) is 28.5 Å². The molecule has 0 bridgehead atoms. The Hall–Kier alpha value is -1.23. The van der Waals surface area contributed by atoms with Crippen LogP contribution in [0.3, 0.4) is 0 Å². The largest absolute Gasteiger partial charge is 0.330 e. The summed E-state index contributed by atoms with van der Waals surface area (Å²) in [7, 11) is 0. The standard InChI is InChI=1S/C14H18F2N2S/c1-4-9(5-2)8(3)18-13-11(17-14(18)19)7-6-10(15)12(13)16/h6-9H,4-5H2,1-3H3,(H,17,19). The molecule has 1 heterocycles. The van der Waals surface area contributed by atoms with Crippen LogP contribution >= 0.6 is 12.2 Å². The zero-order valence-electron chi connectivity index (χ0n) is 11.3. The summed E-state index contributed by atoms with van der Waals surface area (Å²) in [5.74, 6) is -1.29. The van der Waals surface area contributed by atoms with Crippen LogP contribution in [0.25, 0.3) is 11.0 Å². The van der Waals surface area contributed by atoms with Gasteiger partial charge >= 0.3 is 0 Å². The van der Waals surface area contributed by atoms with Gasteiger partial charge in [0.2, 0.25) is 0 Å². The van der Waals surface area contributed by atoms with Gasteiger partial charge in [0.15, 0.2) is 16.4 Å². The predicted octanol–water partition coefficient (Wildman–Crippen LogP) is 4.97. The molecular weight excluding hydrogens is 266 g/mol. The second-order valence-corrected chi connectivity index (χ2v) is 5.26. The molecule has 2 aromatic rings. The lowest BCUT2D eigenvalue weighted by molar-refractivity contribution is 0.334. The van der Waals surface area contributed by atoms with Crippen LogP contribution in [0.5, 0.6) is 0 Å². The fourth-order valence-electron chi connectivity index (χ4n) is 2.72. The van der Waals surface area contributed by atoms with Crippen LogP contribution in [0.1, 0.15) is 39.7 Å². The number of fused-ring (bicyclic) bond motifs is 1. The molecule has 1 atom stereocenters. The highest BCUT2D eigenvalue weighted by Gasteiger charge is 2.21. The Kier molecular flexibility index (Phi) is 4.04. The van der Waals surface area contributed by atoms with Crippen molar-refractivity contribution < 1.29 is 8.78 Å². The molecule has 0 saturated heterocycles. The highest BCUT2D eigenvalue weighted by molar-refractivity contribution is 7.71. The van der Waals surface area contributed by atoms with E-state index in [-0.39, 0.29) is 11.6 Å². The molecule has 0 spiro atoms. The molecule has 19 heavy (non-hydrogen) atoms. The summed E-state index contributed by atoms with van der Waals surface area (Å²) in [5.41, 5.74) is 0.783. The van der Waals surface area contributed by atoms with Crippen LogP contribution in [-0.2, 0) is 0 Å². The third-order valence-electron chi connectivity index (χ3n) is 3.91. The number of hydrogen-bond donors (Lipinski definition) is 1. The number of rotatable bonds is 4. The molecular formula is C14H18F2N2S. The van der Waals surface area contributed by atoms with E-state index in [4.69, 9.17) is 12.2 Å². The fraction of sp³-hybridized carbons (Fsp3) is 0.500. The minimum absolute atomic E-state index is 0.0348. The Morgan fingerprint density at radius 1 is 1.26 bits per heavy atom. The van der Waals surface area contributed by atoms with E-state index in [0.29, 0.717) is 16.2 Å². The minimum Gasteiger partial charge on any atom is -0.330 e. The number of hydrogen-bond acceptors (Lipinski definition) is 1. The predicted molar refractivity (Wildman–Crippen MR) is 75.8 cm³/mol. The van der Waals surface area contributed by atoms with E-state index >= 15 is 0 Å². The first-order valence-corrected chi connectivity index (χ1v) is 7.00. The molecule has 0 aliphatic heterocycles. The number of aromatic amines is 1. The number of imidazole rings is 1. The third-order valence-corrected chi connectivity index (χ3v) is 4.21. The number of nitrogens with one attached hydrogen (secondary N) is 1. The molecule has 0 amide bonds. The maximum Gasteiger partial charge on any atom is 0.184 e. The quantitative estimate of drug-likeness (QED) is 0.786.